The Balaban J connectivity index is 1.43. The molecule has 0 radical (unpaired) electrons. The van der Waals surface area contributed by atoms with Gasteiger partial charge in [0.2, 0.25) is 0 Å². The second-order valence-electron chi connectivity index (χ2n) is 7.65. The molecule has 1 atom stereocenters. The molecule has 0 saturated heterocycles. The van der Waals surface area contributed by atoms with Crippen LogP contribution in [0.4, 0.5) is 30.4 Å². The molecule has 3 aromatic heterocycles. The van der Waals surface area contributed by atoms with Crippen molar-refractivity contribution in [1.82, 2.24) is 25.3 Å². The highest BCUT2D eigenvalue weighted by Gasteiger charge is 2.33. The maximum atomic E-state index is 13.1. The number of nitrogens with zero attached hydrogens (tertiary/aromatic N) is 4. The number of carbonyl (C=O) groups is 2. The predicted octanol–water partition coefficient (Wildman–Crippen LogP) is 6.14. The van der Waals surface area contributed by atoms with Gasteiger partial charge in [0.25, 0.3) is 11.8 Å². The molecule has 0 aliphatic rings. The summed E-state index contributed by atoms with van der Waals surface area (Å²) in [6, 6.07) is 5.78. The van der Waals surface area contributed by atoms with E-state index in [1.54, 1.807) is 31.5 Å². The van der Waals surface area contributed by atoms with Crippen LogP contribution in [0.5, 0.6) is 0 Å². The summed E-state index contributed by atoms with van der Waals surface area (Å²) in [5, 5.41) is 7.95. The number of amides is 2. The van der Waals surface area contributed by atoms with Crippen LogP contribution >= 0.6 is 34.5 Å². The maximum Gasteiger partial charge on any atom is 0.417 e. The van der Waals surface area contributed by atoms with Gasteiger partial charge in [0.05, 0.1) is 22.8 Å². The van der Waals surface area contributed by atoms with Gasteiger partial charge in [-0.05, 0) is 37.3 Å². The van der Waals surface area contributed by atoms with Crippen molar-refractivity contribution in [2.75, 3.05) is 10.6 Å². The highest BCUT2D eigenvalue weighted by Crippen LogP contribution is 2.36. The minimum atomic E-state index is -4.68. The summed E-state index contributed by atoms with van der Waals surface area (Å²) in [6.07, 6.45) is 0.912. The highest BCUT2D eigenvalue weighted by molar-refractivity contribution is 7.13. The van der Waals surface area contributed by atoms with E-state index in [2.05, 4.69) is 35.9 Å². The normalized spacial score (nSPS) is 12.1. The molecule has 3 N–H and O–H groups in total. The molecule has 15 heteroatoms. The number of carbonyl (C=O) groups excluding carboxylic acids is 2. The van der Waals surface area contributed by atoms with Crippen molar-refractivity contribution in [1.29, 1.82) is 0 Å². The Bertz CT molecular complexity index is 1490. The Morgan fingerprint density at radius 1 is 1.00 bits per heavy atom. The monoisotopic (exact) mass is 581 g/mol. The van der Waals surface area contributed by atoms with Crippen LogP contribution in [0.3, 0.4) is 0 Å². The van der Waals surface area contributed by atoms with Crippen LogP contribution in [0, 0.1) is 0 Å². The molecule has 4 aromatic rings. The zero-order chi connectivity index (χ0) is 27.4. The lowest BCUT2D eigenvalue weighted by atomic mass is 10.2. The number of pyridine rings is 1. The minimum Gasteiger partial charge on any atom is -0.342 e. The number of hydrogen-bond acceptors (Lipinski definition) is 8. The molecule has 4 rings (SSSR count). The number of anilines is 3. The number of hydrogen-bond donors (Lipinski definition) is 3. The molecular formula is C23H16Cl2F3N7O2S. The average molecular weight is 582 g/mol. The van der Waals surface area contributed by atoms with E-state index >= 15 is 0 Å². The Hall–Kier alpha value is -3.81. The number of thiazole rings is 1. The fourth-order valence-electron chi connectivity index (χ4n) is 3.12. The van der Waals surface area contributed by atoms with Gasteiger partial charge in [0.1, 0.15) is 21.2 Å². The van der Waals surface area contributed by atoms with E-state index in [1.807, 2.05) is 0 Å². The van der Waals surface area contributed by atoms with Crippen LogP contribution in [0.1, 0.15) is 43.7 Å². The summed E-state index contributed by atoms with van der Waals surface area (Å²) in [5.41, 5.74) is -0.580. The van der Waals surface area contributed by atoms with Crippen molar-refractivity contribution in [2.24, 2.45) is 0 Å². The van der Waals surface area contributed by atoms with Crippen molar-refractivity contribution >= 4 is 63.5 Å². The lowest BCUT2D eigenvalue weighted by Crippen LogP contribution is -2.28. The van der Waals surface area contributed by atoms with Crippen molar-refractivity contribution in [2.45, 2.75) is 19.1 Å². The first kappa shape index (κ1) is 27.2. The zero-order valence-corrected chi connectivity index (χ0v) is 21.5. The Kier molecular flexibility index (Phi) is 8.09. The molecule has 2 amide bonds. The molecule has 196 valence electrons. The molecule has 0 bridgehead atoms. The minimum absolute atomic E-state index is 0.00518. The van der Waals surface area contributed by atoms with Crippen LogP contribution in [0.15, 0.2) is 55.2 Å². The molecule has 0 spiro atoms. The SMILES string of the molecule is C[C@H](NC(=O)c1ncnc(Nc2ccncc2)c1Cl)c1ncc(C(=O)Nc2ccc(Cl)c(C(F)(F)F)c2)s1. The van der Waals surface area contributed by atoms with Gasteiger partial charge in [-0.2, -0.15) is 13.2 Å². The first-order valence-corrected chi connectivity index (χ1v) is 12.2. The highest BCUT2D eigenvalue weighted by atomic mass is 35.5. The van der Waals surface area contributed by atoms with Crippen LogP contribution in [0.25, 0.3) is 0 Å². The predicted molar refractivity (Wildman–Crippen MR) is 137 cm³/mol. The molecule has 38 heavy (non-hydrogen) atoms. The van der Waals surface area contributed by atoms with Gasteiger partial charge < -0.3 is 16.0 Å². The summed E-state index contributed by atoms with van der Waals surface area (Å²) in [7, 11) is 0. The number of halogens is 5. The van der Waals surface area contributed by atoms with Gasteiger partial charge in [0, 0.05) is 23.8 Å². The van der Waals surface area contributed by atoms with E-state index < -0.39 is 34.6 Å². The molecule has 0 aliphatic heterocycles. The van der Waals surface area contributed by atoms with Crippen LogP contribution in [-0.2, 0) is 6.18 Å². The van der Waals surface area contributed by atoms with Gasteiger partial charge in [-0.25, -0.2) is 15.0 Å². The van der Waals surface area contributed by atoms with E-state index in [0.29, 0.717) is 10.7 Å². The Morgan fingerprint density at radius 2 is 1.74 bits per heavy atom. The largest absolute Gasteiger partial charge is 0.417 e. The topological polar surface area (TPSA) is 122 Å². The van der Waals surface area contributed by atoms with Gasteiger partial charge >= 0.3 is 6.18 Å². The Labute approximate surface area is 227 Å². The lowest BCUT2D eigenvalue weighted by molar-refractivity contribution is -0.137. The molecule has 1 aromatic carbocycles. The van der Waals surface area contributed by atoms with E-state index in [-0.39, 0.29) is 27.1 Å². The first-order chi connectivity index (χ1) is 18.0. The fraction of sp³-hybridized carbons (Fsp3) is 0.130. The molecule has 0 saturated carbocycles. The summed E-state index contributed by atoms with van der Waals surface area (Å²) >= 11 is 12.9. The van der Waals surface area contributed by atoms with E-state index in [1.165, 1.54) is 18.6 Å². The lowest BCUT2D eigenvalue weighted by Gasteiger charge is -2.13. The molecule has 9 nitrogen and oxygen atoms in total. The van der Waals surface area contributed by atoms with Crippen LogP contribution in [0.2, 0.25) is 10.0 Å². The number of nitrogens with one attached hydrogen (secondary N) is 3. The number of benzene rings is 1. The number of aromatic nitrogens is 4. The first-order valence-electron chi connectivity index (χ1n) is 10.6. The standard InChI is InChI=1S/C23H16Cl2F3N7O2S/c1-11(33-21(37)18-17(25)19(32-10-31-18)34-12-4-6-29-7-5-12)22-30-9-16(38-22)20(36)35-13-2-3-15(24)14(8-13)23(26,27)28/h2-11H,1H3,(H,33,37)(H,35,36)(H,29,31,32,34)/t11-/m0/s1. The Morgan fingerprint density at radius 3 is 2.45 bits per heavy atom. The van der Waals surface area contributed by atoms with Gasteiger partial charge in [-0.1, -0.05) is 23.2 Å². The van der Waals surface area contributed by atoms with Crippen LogP contribution in [-0.4, -0.2) is 31.8 Å². The van der Waals surface area contributed by atoms with Crippen molar-refractivity contribution < 1.29 is 22.8 Å². The van der Waals surface area contributed by atoms with Gasteiger partial charge in [0.15, 0.2) is 11.5 Å². The zero-order valence-electron chi connectivity index (χ0n) is 19.2. The third kappa shape index (κ3) is 6.36. The van der Waals surface area contributed by atoms with Crippen molar-refractivity contribution in [3.8, 4) is 0 Å². The number of alkyl halides is 3. The molecule has 0 unspecified atom stereocenters. The molecule has 0 fully saturated rings. The summed E-state index contributed by atoms with van der Waals surface area (Å²) in [6.45, 7) is 1.64. The van der Waals surface area contributed by atoms with Gasteiger partial charge in [-0.3, -0.25) is 14.6 Å². The summed E-state index contributed by atoms with van der Waals surface area (Å²) in [4.78, 5) is 41.6. The number of rotatable bonds is 7. The van der Waals surface area contributed by atoms with Crippen LogP contribution < -0.4 is 16.0 Å². The van der Waals surface area contributed by atoms with Crippen molar-refractivity contribution in [3.05, 3.63) is 86.4 Å². The third-order valence-electron chi connectivity index (χ3n) is 4.94. The average Bonchev–Trinajstić information content (AvgIpc) is 3.37. The van der Waals surface area contributed by atoms with Gasteiger partial charge in [-0.15, -0.1) is 11.3 Å². The quantitative estimate of drug-likeness (QED) is 0.239. The third-order valence-corrected chi connectivity index (χ3v) is 6.81. The van der Waals surface area contributed by atoms with E-state index in [0.717, 1.165) is 23.5 Å². The molecular weight excluding hydrogens is 566 g/mol. The summed E-state index contributed by atoms with van der Waals surface area (Å²) < 4.78 is 39.3. The summed E-state index contributed by atoms with van der Waals surface area (Å²) in [5.74, 6) is -1.06. The fourth-order valence-corrected chi connectivity index (χ4v) is 4.39. The van der Waals surface area contributed by atoms with Crippen molar-refractivity contribution in [3.63, 3.8) is 0 Å². The molecule has 0 aliphatic carbocycles. The second-order valence-corrected chi connectivity index (χ2v) is 9.50. The van der Waals surface area contributed by atoms with E-state index in [4.69, 9.17) is 23.2 Å². The van der Waals surface area contributed by atoms with E-state index in [9.17, 15) is 22.8 Å². The second kappa shape index (κ2) is 11.3. The smallest absolute Gasteiger partial charge is 0.342 e. The molecule has 3 heterocycles. The maximum absolute atomic E-state index is 13.1.